The van der Waals surface area contributed by atoms with E-state index in [-0.39, 0.29) is 24.1 Å². The lowest BCUT2D eigenvalue weighted by atomic mass is 9.83. The van der Waals surface area contributed by atoms with E-state index >= 15 is 0 Å². The number of nitrogens with zero attached hydrogens (tertiary/aromatic N) is 1. The molecule has 3 rings (SSSR count). The summed E-state index contributed by atoms with van der Waals surface area (Å²) in [7, 11) is 0. The average Bonchev–Trinajstić information content (AvgIpc) is 3.16. The Balaban J connectivity index is 1.66. The Labute approximate surface area is 180 Å². The number of benzene rings is 1. The van der Waals surface area contributed by atoms with E-state index in [0.717, 1.165) is 31.2 Å². The molecule has 2 amide bonds. The minimum atomic E-state index is -0.478. The van der Waals surface area contributed by atoms with E-state index in [4.69, 9.17) is 4.74 Å². The van der Waals surface area contributed by atoms with Gasteiger partial charge in [-0.25, -0.2) is 9.78 Å². The van der Waals surface area contributed by atoms with Gasteiger partial charge in [-0.05, 0) is 38.8 Å². The van der Waals surface area contributed by atoms with Crippen LogP contribution in [0.1, 0.15) is 60.6 Å². The van der Waals surface area contributed by atoms with Gasteiger partial charge in [-0.15, -0.1) is 11.3 Å². The van der Waals surface area contributed by atoms with Gasteiger partial charge in [0.1, 0.15) is 0 Å². The van der Waals surface area contributed by atoms with Crippen molar-refractivity contribution in [2.24, 2.45) is 5.92 Å². The van der Waals surface area contributed by atoms with Crippen molar-refractivity contribution in [2.75, 3.05) is 17.2 Å². The second-order valence-electron chi connectivity index (χ2n) is 7.45. The number of aromatic nitrogens is 1. The number of ketones is 1. The summed E-state index contributed by atoms with van der Waals surface area (Å²) in [6.45, 7) is 3.99. The van der Waals surface area contributed by atoms with Gasteiger partial charge in [-0.1, -0.05) is 30.9 Å². The molecule has 0 spiro atoms. The quantitative estimate of drug-likeness (QED) is 0.479. The smallest absolute Gasteiger partial charge is 0.325 e. The highest BCUT2D eigenvalue weighted by Crippen LogP contribution is 2.30. The highest BCUT2D eigenvalue weighted by Gasteiger charge is 2.25. The molecule has 2 N–H and O–H groups in total. The molecule has 0 bridgehead atoms. The number of aryl methyl sites for hydroxylation is 1. The zero-order valence-electron chi connectivity index (χ0n) is 17.3. The Bertz CT molecular complexity index is 919. The first-order valence-corrected chi connectivity index (χ1v) is 11.2. The van der Waals surface area contributed by atoms with Crippen LogP contribution in [0.4, 0.5) is 15.6 Å². The molecular weight excluding hydrogens is 402 g/mol. The van der Waals surface area contributed by atoms with Crippen LogP contribution in [-0.2, 0) is 16.0 Å². The molecule has 2 aromatic rings. The molecule has 0 aliphatic heterocycles. The molecule has 7 nitrogen and oxygen atoms in total. The highest BCUT2D eigenvalue weighted by atomic mass is 32.1. The highest BCUT2D eigenvalue weighted by molar-refractivity contribution is 7.14. The van der Waals surface area contributed by atoms with Crippen molar-refractivity contribution >= 4 is 39.9 Å². The van der Waals surface area contributed by atoms with Crippen LogP contribution < -0.4 is 10.6 Å². The maximum atomic E-state index is 13.0. The van der Waals surface area contributed by atoms with Crippen molar-refractivity contribution in [2.45, 2.75) is 52.4 Å². The van der Waals surface area contributed by atoms with Crippen LogP contribution in [0, 0.1) is 12.8 Å². The number of nitrogens with one attached hydrogen (secondary N) is 2. The summed E-state index contributed by atoms with van der Waals surface area (Å²) < 4.78 is 4.90. The molecule has 1 aliphatic rings. The van der Waals surface area contributed by atoms with Crippen LogP contribution in [0.15, 0.2) is 23.6 Å². The molecule has 30 heavy (non-hydrogen) atoms. The fraction of sp³-hybridized carbons (Fsp3) is 0.455. The van der Waals surface area contributed by atoms with E-state index in [1.54, 1.807) is 18.4 Å². The Morgan fingerprint density at radius 2 is 1.93 bits per heavy atom. The monoisotopic (exact) mass is 429 g/mol. The Morgan fingerprint density at radius 1 is 1.17 bits per heavy atom. The fourth-order valence-corrected chi connectivity index (χ4v) is 4.32. The predicted octanol–water partition coefficient (Wildman–Crippen LogP) is 4.96. The van der Waals surface area contributed by atoms with Gasteiger partial charge >= 0.3 is 12.0 Å². The number of rotatable bonds is 7. The van der Waals surface area contributed by atoms with Gasteiger partial charge in [0.05, 0.1) is 24.4 Å². The first kappa shape index (κ1) is 22.0. The first-order valence-electron chi connectivity index (χ1n) is 10.3. The van der Waals surface area contributed by atoms with Gasteiger partial charge in [0.25, 0.3) is 0 Å². The molecule has 1 aliphatic carbocycles. The third kappa shape index (κ3) is 5.89. The zero-order chi connectivity index (χ0) is 21.5. The third-order valence-corrected chi connectivity index (χ3v) is 5.87. The van der Waals surface area contributed by atoms with Crippen LogP contribution in [-0.4, -0.2) is 29.4 Å². The van der Waals surface area contributed by atoms with Crippen LogP contribution in [0.5, 0.6) is 0 Å². The lowest BCUT2D eigenvalue weighted by Gasteiger charge is -2.22. The lowest BCUT2D eigenvalue weighted by Crippen LogP contribution is -2.23. The van der Waals surface area contributed by atoms with Crippen molar-refractivity contribution in [1.82, 2.24) is 4.98 Å². The normalized spacial score (nSPS) is 14.2. The van der Waals surface area contributed by atoms with E-state index < -0.39 is 6.03 Å². The minimum absolute atomic E-state index is 0.0218. The molecule has 1 aromatic heterocycles. The molecule has 1 heterocycles. The van der Waals surface area contributed by atoms with Crippen molar-refractivity contribution in [3.8, 4) is 0 Å². The zero-order valence-corrected chi connectivity index (χ0v) is 18.1. The molecular formula is C22H27N3O4S. The number of esters is 1. The second kappa shape index (κ2) is 10.3. The van der Waals surface area contributed by atoms with Crippen molar-refractivity contribution < 1.29 is 19.1 Å². The summed E-state index contributed by atoms with van der Waals surface area (Å²) in [6, 6.07) is 4.99. The summed E-state index contributed by atoms with van der Waals surface area (Å²) in [5.41, 5.74) is 2.57. The van der Waals surface area contributed by atoms with Gasteiger partial charge in [-0.2, -0.15) is 0 Å². The predicted molar refractivity (Wildman–Crippen MR) is 117 cm³/mol. The van der Waals surface area contributed by atoms with E-state index in [2.05, 4.69) is 15.6 Å². The third-order valence-electron chi connectivity index (χ3n) is 5.07. The number of carbonyl (C=O) groups excluding carboxylic acids is 3. The number of Topliss-reactive ketones (excluding diaryl/α,β-unsaturated/α-hetero) is 1. The summed E-state index contributed by atoms with van der Waals surface area (Å²) in [5.74, 6) is -0.238. The minimum Gasteiger partial charge on any atom is -0.466 e. The van der Waals surface area contributed by atoms with E-state index in [0.29, 0.717) is 28.7 Å². The van der Waals surface area contributed by atoms with E-state index in [9.17, 15) is 14.4 Å². The van der Waals surface area contributed by atoms with Crippen molar-refractivity contribution in [3.63, 3.8) is 0 Å². The van der Waals surface area contributed by atoms with Crippen LogP contribution in [0.2, 0.25) is 0 Å². The van der Waals surface area contributed by atoms with Gasteiger partial charge < -0.3 is 10.1 Å². The van der Waals surface area contributed by atoms with Crippen LogP contribution >= 0.6 is 11.3 Å². The number of amides is 2. The maximum Gasteiger partial charge on any atom is 0.325 e. The van der Waals surface area contributed by atoms with Gasteiger partial charge in [0.15, 0.2) is 10.9 Å². The Hall–Kier alpha value is -2.74. The summed E-state index contributed by atoms with van der Waals surface area (Å²) in [6.07, 6.45) is 5.19. The SMILES string of the molecule is CCOC(=O)Cc1csc(NC(=O)Nc2ccc(C)cc2C(=O)C2CCCCC2)n1. The number of thiazole rings is 1. The maximum absolute atomic E-state index is 13.0. The fourth-order valence-electron chi connectivity index (χ4n) is 3.61. The van der Waals surface area contributed by atoms with Gasteiger partial charge in [0.2, 0.25) is 0 Å². The Morgan fingerprint density at radius 3 is 2.67 bits per heavy atom. The second-order valence-corrected chi connectivity index (χ2v) is 8.31. The topological polar surface area (TPSA) is 97.4 Å². The number of hydrogen-bond donors (Lipinski definition) is 2. The molecule has 0 unspecified atom stereocenters. The summed E-state index contributed by atoms with van der Waals surface area (Å²) >= 11 is 1.23. The molecule has 160 valence electrons. The first-order chi connectivity index (χ1) is 14.5. The van der Waals surface area contributed by atoms with Gasteiger partial charge in [-0.3, -0.25) is 14.9 Å². The molecule has 1 fully saturated rings. The van der Waals surface area contributed by atoms with Crippen LogP contribution in [0.25, 0.3) is 0 Å². The number of anilines is 2. The summed E-state index contributed by atoms with van der Waals surface area (Å²) in [4.78, 5) is 41.3. The number of carbonyl (C=O) groups is 3. The average molecular weight is 430 g/mol. The van der Waals surface area contributed by atoms with Crippen molar-refractivity contribution in [3.05, 3.63) is 40.4 Å². The standard InChI is InChI=1S/C22H27N3O4S/c1-3-29-19(26)12-16-13-30-22(23-16)25-21(28)24-18-10-9-14(2)11-17(18)20(27)15-7-5-4-6-8-15/h9-11,13,15H,3-8,12H2,1-2H3,(H2,23,24,25,28). The molecule has 0 radical (unpaired) electrons. The van der Waals surface area contributed by atoms with Gasteiger partial charge in [0, 0.05) is 16.9 Å². The molecule has 1 aromatic carbocycles. The number of ether oxygens (including phenoxy) is 1. The van der Waals surface area contributed by atoms with E-state index in [1.165, 1.54) is 17.8 Å². The molecule has 8 heteroatoms. The largest absolute Gasteiger partial charge is 0.466 e. The molecule has 0 atom stereocenters. The lowest BCUT2D eigenvalue weighted by molar-refractivity contribution is -0.142. The Kier molecular flexibility index (Phi) is 7.57. The molecule has 0 saturated heterocycles. The van der Waals surface area contributed by atoms with Crippen molar-refractivity contribution in [1.29, 1.82) is 0 Å². The summed E-state index contributed by atoms with van der Waals surface area (Å²) in [5, 5.41) is 7.53. The van der Waals surface area contributed by atoms with Crippen LogP contribution in [0.3, 0.4) is 0 Å². The molecule has 1 saturated carbocycles. The number of urea groups is 1. The number of hydrogen-bond acceptors (Lipinski definition) is 6. The van der Waals surface area contributed by atoms with E-state index in [1.807, 2.05) is 19.1 Å².